The zero-order valence-corrected chi connectivity index (χ0v) is 17.6. The van der Waals surface area contributed by atoms with Crippen LogP contribution in [-0.2, 0) is 12.3 Å². The molecule has 142 valence electrons. The Morgan fingerprint density at radius 2 is 1.85 bits per heavy atom. The Morgan fingerprint density at radius 3 is 2.56 bits per heavy atom. The molecule has 1 aromatic heterocycles. The fourth-order valence-corrected chi connectivity index (χ4v) is 3.92. The van der Waals surface area contributed by atoms with E-state index in [-0.39, 0.29) is 6.10 Å². The van der Waals surface area contributed by atoms with E-state index >= 15 is 0 Å². The van der Waals surface area contributed by atoms with Gasteiger partial charge < -0.3 is 9.30 Å². The van der Waals surface area contributed by atoms with Gasteiger partial charge in [0.15, 0.2) is 17.1 Å². The number of aryl methyl sites for hydroxylation is 1. The van der Waals surface area contributed by atoms with Crippen molar-refractivity contribution in [1.82, 2.24) is 14.8 Å². The average Bonchev–Trinajstić information content (AvgIpc) is 3.08. The maximum Gasteiger partial charge on any atom is 0.191 e. The molecule has 2 aromatic carbocycles. The molecule has 0 fully saturated rings. The number of hydrogen-bond donors (Lipinski definition) is 0. The monoisotopic (exact) mass is 401 g/mol. The van der Waals surface area contributed by atoms with E-state index in [1.165, 1.54) is 11.1 Å². The predicted molar refractivity (Wildman–Crippen MR) is 112 cm³/mol. The molecule has 0 N–H and O–H groups in total. The third-order valence-corrected chi connectivity index (χ3v) is 5.86. The summed E-state index contributed by atoms with van der Waals surface area (Å²) in [5.41, 5.74) is 3.58. The predicted octanol–water partition coefficient (Wildman–Crippen LogP) is 6.00. The molecule has 0 aliphatic heterocycles. The van der Waals surface area contributed by atoms with Crippen LogP contribution >= 0.6 is 23.4 Å². The number of nitrogens with zero attached hydrogens (tertiary/aromatic N) is 3. The fourth-order valence-electron chi connectivity index (χ4n) is 2.83. The standard InChI is InChI=1S/C21H24ClN3OS/c1-5-25-20(16(4)26-19-8-6-7-14(2)15(19)3)23-24-21(25)27-13-17-9-11-18(22)12-10-17/h6-12,16H,5,13H2,1-4H3. The third kappa shape index (κ3) is 4.66. The highest BCUT2D eigenvalue weighted by Gasteiger charge is 2.19. The molecule has 3 rings (SSSR count). The zero-order chi connectivity index (χ0) is 19.4. The van der Waals surface area contributed by atoms with Gasteiger partial charge in [0.05, 0.1) is 0 Å². The lowest BCUT2D eigenvalue weighted by atomic mass is 10.1. The van der Waals surface area contributed by atoms with E-state index in [1.54, 1.807) is 11.8 Å². The molecule has 1 heterocycles. The summed E-state index contributed by atoms with van der Waals surface area (Å²) in [5, 5.41) is 10.5. The van der Waals surface area contributed by atoms with Crippen molar-refractivity contribution in [3.8, 4) is 5.75 Å². The Balaban J connectivity index is 1.74. The molecule has 3 aromatic rings. The first-order chi connectivity index (χ1) is 13.0. The van der Waals surface area contributed by atoms with E-state index < -0.39 is 0 Å². The summed E-state index contributed by atoms with van der Waals surface area (Å²) in [5.74, 6) is 2.56. The molecule has 4 nitrogen and oxygen atoms in total. The van der Waals surface area contributed by atoms with Crippen LogP contribution in [0.4, 0.5) is 0 Å². The average molecular weight is 402 g/mol. The molecule has 27 heavy (non-hydrogen) atoms. The van der Waals surface area contributed by atoms with Crippen molar-refractivity contribution in [2.45, 2.75) is 51.3 Å². The topological polar surface area (TPSA) is 39.9 Å². The molecule has 0 bridgehead atoms. The van der Waals surface area contributed by atoms with Crippen molar-refractivity contribution in [1.29, 1.82) is 0 Å². The van der Waals surface area contributed by atoms with Gasteiger partial charge in [0.2, 0.25) is 0 Å². The van der Waals surface area contributed by atoms with Crippen LogP contribution in [0, 0.1) is 13.8 Å². The van der Waals surface area contributed by atoms with E-state index in [2.05, 4.69) is 41.6 Å². The van der Waals surface area contributed by atoms with Crippen LogP contribution in [0.5, 0.6) is 5.75 Å². The van der Waals surface area contributed by atoms with Crippen LogP contribution in [0.25, 0.3) is 0 Å². The van der Waals surface area contributed by atoms with Crippen LogP contribution in [0.2, 0.25) is 5.02 Å². The summed E-state index contributed by atoms with van der Waals surface area (Å²) in [6, 6.07) is 14.0. The van der Waals surface area contributed by atoms with Crippen LogP contribution in [0.15, 0.2) is 47.6 Å². The normalized spacial score (nSPS) is 12.2. The maximum absolute atomic E-state index is 6.20. The molecule has 6 heteroatoms. The maximum atomic E-state index is 6.20. The molecule has 0 saturated carbocycles. The Bertz CT molecular complexity index is 908. The minimum atomic E-state index is -0.178. The lowest BCUT2D eigenvalue weighted by molar-refractivity contribution is 0.208. The number of aromatic nitrogens is 3. The first kappa shape index (κ1) is 19.8. The van der Waals surface area contributed by atoms with Crippen LogP contribution < -0.4 is 4.74 Å². The van der Waals surface area contributed by atoms with Gasteiger partial charge in [-0.3, -0.25) is 0 Å². The van der Waals surface area contributed by atoms with Crippen molar-refractivity contribution in [3.05, 3.63) is 70.0 Å². The highest BCUT2D eigenvalue weighted by Crippen LogP contribution is 2.29. The number of rotatable bonds is 7. The summed E-state index contributed by atoms with van der Waals surface area (Å²) in [6.45, 7) is 9.09. The molecule has 0 amide bonds. The van der Waals surface area contributed by atoms with Gasteiger partial charge in [-0.2, -0.15) is 0 Å². The summed E-state index contributed by atoms with van der Waals surface area (Å²) >= 11 is 7.63. The Labute approximate surface area is 169 Å². The lowest BCUT2D eigenvalue weighted by Crippen LogP contribution is -2.12. The van der Waals surface area contributed by atoms with E-state index in [4.69, 9.17) is 16.3 Å². The molecular formula is C21H24ClN3OS. The summed E-state index contributed by atoms with van der Waals surface area (Å²) in [4.78, 5) is 0. The molecule has 0 spiro atoms. The molecule has 0 aliphatic carbocycles. The van der Waals surface area contributed by atoms with Crippen LogP contribution in [0.3, 0.4) is 0 Å². The van der Waals surface area contributed by atoms with Gasteiger partial charge in [0, 0.05) is 17.3 Å². The van der Waals surface area contributed by atoms with Gasteiger partial charge in [-0.25, -0.2) is 0 Å². The van der Waals surface area contributed by atoms with Gasteiger partial charge in [-0.05, 0) is 62.6 Å². The molecule has 0 aliphatic rings. The second-order valence-corrected chi connectivity index (χ2v) is 7.84. The Morgan fingerprint density at radius 1 is 1.11 bits per heavy atom. The fraction of sp³-hybridized carbons (Fsp3) is 0.333. The van der Waals surface area contributed by atoms with E-state index in [0.29, 0.717) is 0 Å². The largest absolute Gasteiger partial charge is 0.482 e. The second kappa shape index (κ2) is 8.81. The highest BCUT2D eigenvalue weighted by atomic mass is 35.5. The van der Waals surface area contributed by atoms with E-state index in [1.807, 2.05) is 43.3 Å². The van der Waals surface area contributed by atoms with Gasteiger partial charge in [0.1, 0.15) is 5.75 Å². The lowest BCUT2D eigenvalue weighted by Gasteiger charge is -2.17. The van der Waals surface area contributed by atoms with Gasteiger partial charge in [0.25, 0.3) is 0 Å². The van der Waals surface area contributed by atoms with Crippen LogP contribution in [-0.4, -0.2) is 14.8 Å². The van der Waals surface area contributed by atoms with Crippen molar-refractivity contribution in [2.75, 3.05) is 0 Å². The number of halogens is 1. The highest BCUT2D eigenvalue weighted by molar-refractivity contribution is 7.98. The Hall–Kier alpha value is -1.98. The van der Waals surface area contributed by atoms with E-state index in [9.17, 15) is 0 Å². The molecular weight excluding hydrogens is 378 g/mol. The number of ether oxygens (including phenoxy) is 1. The SMILES string of the molecule is CCn1c(SCc2ccc(Cl)cc2)nnc1C(C)Oc1cccc(C)c1C. The summed E-state index contributed by atoms with van der Waals surface area (Å²) in [6.07, 6.45) is -0.178. The first-order valence-corrected chi connectivity index (χ1v) is 10.4. The molecule has 1 unspecified atom stereocenters. The molecule has 0 radical (unpaired) electrons. The molecule has 1 atom stereocenters. The number of thioether (sulfide) groups is 1. The summed E-state index contributed by atoms with van der Waals surface area (Å²) in [7, 11) is 0. The van der Waals surface area contributed by atoms with Crippen molar-refractivity contribution in [2.24, 2.45) is 0 Å². The quantitative estimate of drug-likeness (QED) is 0.455. The zero-order valence-electron chi connectivity index (χ0n) is 16.1. The second-order valence-electron chi connectivity index (χ2n) is 6.46. The Kier molecular flexibility index (Phi) is 6.45. The van der Waals surface area contributed by atoms with Crippen molar-refractivity contribution >= 4 is 23.4 Å². The minimum Gasteiger partial charge on any atom is -0.482 e. The van der Waals surface area contributed by atoms with Gasteiger partial charge >= 0.3 is 0 Å². The minimum absolute atomic E-state index is 0.178. The van der Waals surface area contributed by atoms with Crippen LogP contribution in [0.1, 0.15) is 42.5 Å². The van der Waals surface area contributed by atoms with Crippen molar-refractivity contribution < 1.29 is 4.74 Å². The molecule has 0 saturated heterocycles. The first-order valence-electron chi connectivity index (χ1n) is 9.02. The number of benzene rings is 2. The smallest absolute Gasteiger partial charge is 0.191 e. The van der Waals surface area contributed by atoms with Crippen molar-refractivity contribution in [3.63, 3.8) is 0 Å². The van der Waals surface area contributed by atoms with Gasteiger partial charge in [-0.15, -0.1) is 10.2 Å². The van der Waals surface area contributed by atoms with Gasteiger partial charge in [-0.1, -0.05) is 47.6 Å². The summed E-state index contributed by atoms with van der Waals surface area (Å²) < 4.78 is 8.32. The third-order valence-electron chi connectivity index (χ3n) is 4.57. The number of hydrogen-bond acceptors (Lipinski definition) is 4. The van der Waals surface area contributed by atoms with E-state index in [0.717, 1.165) is 39.6 Å².